The number of carbonyl (C=O) groups excluding carboxylic acids is 1. The number of para-hydroxylation sites is 2. The molecule has 1 amide bonds. The van der Waals surface area contributed by atoms with Crippen LogP contribution in [0.3, 0.4) is 0 Å². The standard InChI is InChI=1S/C23H21N5O/c29-22(24-12-9-17-15-26-19-7-3-2-6-18(17)19)20-10-13-25-23(27-20)28-14-11-16-5-1-4-8-21(16)28/h1-8,10,13,15,26H,9,11-12,14H2,(H,24,29). The normalized spacial score (nSPS) is 12.9. The third-order valence-electron chi connectivity index (χ3n) is 5.36. The number of aromatic amines is 1. The zero-order valence-corrected chi connectivity index (χ0v) is 15.9. The lowest BCUT2D eigenvalue weighted by Gasteiger charge is -2.17. The largest absolute Gasteiger partial charge is 0.361 e. The summed E-state index contributed by atoms with van der Waals surface area (Å²) in [6, 6.07) is 18.1. The van der Waals surface area contributed by atoms with E-state index in [0.717, 1.165) is 30.6 Å². The van der Waals surface area contributed by atoms with Crippen LogP contribution < -0.4 is 10.2 Å². The van der Waals surface area contributed by atoms with Gasteiger partial charge in [-0.05, 0) is 42.2 Å². The van der Waals surface area contributed by atoms with Crippen molar-refractivity contribution in [3.8, 4) is 0 Å². The Labute approximate surface area is 168 Å². The van der Waals surface area contributed by atoms with Gasteiger partial charge in [0.1, 0.15) is 5.69 Å². The van der Waals surface area contributed by atoms with Crippen molar-refractivity contribution in [2.24, 2.45) is 0 Å². The molecule has 0 atom stereocenters. The van der Waals surface area contributed by atoms with E-state index in [1.807, 2.05) is 30.5 Å². The molecule has 1 aliphatic heterocycles. The van der Waals surface area contributed by atoms with Crippen molar-refractivity contribution in [2.45, 2.75) is 12.8 Å². The molecule has 2 N–H and O–H groups in total. The summed E-state index contributed by atoms with van der Waals surface area (Å²) in [5.41, 5.74) is 5.09. The van der Waals surface area contributed by atoms with Gasteiger partial charge in [-0.25, -0.2) is 9.97 Å². The summed E-state index contributed by atoms with van der Waals surface area (Å²) in [6.45, 7) is 1.37. The predicted octanol–water partition coefficient (Wildman–Crippen LogP) is 3.62. The van der Waals surface area contributed by atoms with Gasteiger partial charge in [-0.3, -0.25) is 4.79 Å². The Hall–Kier alpha value is -3.67. The summed E-state index contributed by atoms with van der Waals surface area (Å²) in [6.07, 6.45) is 5.37. The summed E-state index contributed by atoms with van der Waals surface area (Å²) in [4.78, 5) is 26.9. The van der Waals surface area contributed by atoms with Crippen molar-refractivity contribution in [1.29, 1.82) is 0 Å². The minimum atomic E-state index is -0.180. The highest BCUT2D eigenvalue weighted by Crippen LogP contribution is 2.32. The fourth-order valence-corrected chi connectivity index (χ4v) is 3.89. The van der Waals surface area contributed by atoms with E-state index in [4.69, 9.17) is 0 Å². The molecule has 29 heavy (non-hydrogen) atoms. The third kappa shape index (κ3) is 3.33. The van der Waals surface area contributed by atoms with Crippen molar-refractivity contribution < 1.29 is 4.79 Å². The Morgan fingerprint density at radius 2 is 1.97 bits per heavy atom. The Kier molecular flexibility index (Phi) is 4.44. The van der Waals surface area contributed by atoms with Gasteiger partial charge in [0.15, 0.2) is 0 Å². The molecule has 0 saturated carbocycles. The van der Waals surface area contributed by atoms with Crippen LogP contribution in [0.25, 0.3) is 10.9 Å². The van der Waals surface area contributed by atoms with Crippen molar-refractivity contribution in [3.63, 3.8) is 0 Å². The zero-order valence-electron chi connectivity index (χ0n) is 15.9. The number of rotatable bonds is 5. The molecule has 2 aromatic carbocycles. The van der Waals surface area contributed by atoms with Gasteiger partial charge >= 0.3 is 0 Å². The highest BCUT2D eigenvalue weighted by Gasteiger charge is 2.22. The number of amides is 1. The lowest BCUT2D eigenvalue weighted by atomic mass is 10.1. The lowest BCUT2D eigenvalue weighted by molar-refractivity contribution is 0.0949. The Morgan fingerprint density at radius 1 is 1.10 bits per heavy atom. The number of anilines is 2. The van der Waals surface area contributed by atoms with Gasteiger partial charge in [0.2, 0.25) is 5.95 Å². The first-order valence-electron chi connectivity index (χ1n) is 9.81. The smallest absolute Gasteiger partial charge is 0.270 e. The average molecular weight is 383 g/mol. The molecule has 1 aliphatic rings. The topological polar surface area (TPSA) is 73.9 Å². The van der Waals surface area contributed by atoms with Crippen LogP contribution in [0.15, 0.2) is 67.0 Å². The minimum absolute atomic E-state index is 0.180. The fraction of sp³-hybridized carbons (Fsp3) is 0.174. The molecule has 6 heteroatoms. The average Bonchev–Trinajstić information content (AvgIpc) is 3.38. The van der Waals surface area contributed by atoms with E-state index < -0.39 is 0 Å². The van der Waals surface area contributed by atoms with Gasteiger partial charge in [-0.15, -0.1) is 0 Å². The van der Waals surface area contributed by atoms with E-state index in [1.54, 1.807) is 12.3 Å². The van der Waals surface area contributed by atoms with Crippen LogP contribution in [0.1, 0.15) is 21.6 Å². The molecular formula is C23H21N5O. The molecule has 144 valence electrons. The molecule has 4 aromatic rings. The van der Waals surface area contributed by atoms with Gasteiger partial charge in [0.05, 0.1) is 0 Å². The van der Waals surface area contributed by atoms with Crippen molar-refractivity contribution in [2.75, 3.05) is 18.0 Å². The summed E-state index contributed by atoms with van der Waals surface area (Å²) in [7, 11) is 0. The maximum atomic E-state index is 12.6. The van der Waals surface area contributed by atoms with E-state index in [9.17, 15) is 4.79 Å². The molecule has 3 heterocycles. The van der Waals surface area contributed by atoms with Gasteiger partial charge in [0.25, 0.3) is 5.91 Å². The highest BCUT2D eigenvalue weighted by molar-refractivity contribution is 5.92. The molecule has 0 spiro atoms. The maximum Gasteiger partial charge on any atom is 0.270 e. The number of hydrogen-bond donors (Lipinski definition) is 2. The van der Waals surface area contributed by atoms with E-state index in [2.05, 4.69) is 49.4 Å². The molecule has 0 saturated heterocycles. The molecule has 5 rings (SSSR count). The molecule has 0 unspecified atom stereocenters. The van der Waals surface area contributed by atoms with E-state index in [1.165, 1.54) is 16.5 Å². The number of benzene rings is 2. The molecular weight excluding hydrogens is 362 g/mol. The van der Waals surface area contributed by atoms with Crippen molar-refractivity contribution in [3.05, 3.63) is 83.8 Å². The van der Waals surface area contributed by atoms with Crippen LogP contribution in [-0.2, 0) is 12.8 Å². The van der Waals surface area contributed by atoms with Crippen LogP contribution in [-0.4, -0.2) is 33.9 Å². The molecule has 0 fully saturated rings. The number of carbonyl (C=O) groups is 1. The van der Waals surface area contributed by atoms with E-state index in [-0.39, 0.29) is 5.91 Å². The highest BCUT2D eigenvalue weighted by atomic mass is 16.1. The molecule has 0 radical (unpaired) electrons. The number of fused-ring (bicyclic) bond motifs is 2. The molecule has 2 aromatic heterocycles. The van der Waals surface area contributed by atoms with Crippen LogP contribution in [0.2, 0.25) is 0 Å². The zero-order chi connectivity index (χ0) is 19.6. The number of nitrogens with one attached hydrogen (secondary N) is 2. The first-order valence-corrected chi connectivity index (χ1v) is 9.81. The van der Waals surface area contributed by atoms with Crippen molar-refractivity contribution >= 4 is 28.4 Å². The van der Waals surface area contributed by atoms with E-state index in [0.29, 0.717) is 18.2 Å². The second kappa shape index (κ2) is 7.39. The summed E-state index contributed by atoms with van der Waals surface area (Å²) >= 11 is 0. The Morgan fingerprint density at radius 3 is 2.93 bits per heavy atom. The Balaban J connectivity index is 1.27. The third-order valence-corrected chi connectivity index (χ3v) is 5.36. The maximum absolute atomic E-state index is 12.6. The van der Waals surface area contributed by atoms with Crippen LogP contribution >= 0.6 is 0 Å². The van der Waals surface area contributed by atoms with E-state index >= 15 is 0 Å². The number of H-pyrrole nitrogens is 1. The SMILES string of the molecule is O=C(NCCc1c[nH]c2ccccc12)c1ccnc(N2CCc3ccccc32)n1. The quantitative estimate of drug-likeness (QED) is 0.552. The number of aromatic nitrogens is 3. The molecule has 6 nitrogen and oxygen atoms in total. The summed E-state index contributed by atoms with van der Waals surface area (Å²) in [5, 5.41) is 4.17. The first-order chi connectivity index (χ1) is 14.3. The van der Waals surface area contributed by atoms with Gasteiger partial charge in [-0.2, -0.15) is 0 Å². The molecule has 0 aliphatic carbocycles. The molecule has 0 bridgehead atoms. The second-order valence-electron chi connectivity index (χ2n) is 7.14. The van der Waals surface area contributed by atoms with Crippen LogP contribution in [0.4, 0.5) is 11.6 Å². The van der Waals surface area contributed by atoms with Gasteiger partial charge in [0, 0.05) is 42.1 Å². The summed E-state index contributed by atoms with van der Waals surface area (Å²) in [5.74, 6) is 0.389. The number of nitrogens with zero attached hydrogens (tertiary/aromatic N) is 3. The summed E-state index contributed by atoms with van der Waals surface area (Å²) < 4.78 is 0. The second-order valence-corrected chi connectivity index (χ2v) is 7.14. The number of hydrogen-bond acceptors (Lipinski definition) is 4. The Bertz CT molecular complexity index is 1180. The monoisotopic (exact) mass is 383 g/mol. The lowest BCUT2D eigenvalue weighted by Crippen LogP contribution is -2.27. The van der Waals surface area contributed by atoms with Crippen LogP contribution in [0, 0.1) is 0 Å². The minimum Gasteiger partial charge on any atom is -0.361 e. The van der Waals surface area contributed by atoms with Gasteiger partial charge in [-0.1, -0.05) is 36.4 Å². The fourth-order valence-electron chi connectivity index (χ4n) is 3.89. The predicted molar refractivity (Wildman–Crippen MR) is 114 cm³/mol. The van der Waals surface area contributed by atoms with Crippen LogP contribution in [0.5, 0.6) is 0 Å². The first kappa shape index (κ1) is 17.4. The van der Waals surface area contributed by atoms with Crippen molar-refractivity contribution in [1.82, 2.24) is 20.3 Å². The van der Waals surface area contributed by atoms with Gasteiger partial charge < -0.3 is 15.2 Å².